The lowest BCUT2D eigenvalue weighted by Crippen LogP contribution is -2.35. The van der Waals surface area contributed by atoms with E-state index >= 15 is 0 Å². The Morgan fingerprint density at radius 2 is 1.96 bits per heavy atom. The number of nitro groups is 1. The van der Waals surface area contributed by atoms with Gasteiger partial charge in [-0.1, -0.05) is 30.4 Å². The van der Waals surface area contributed by atoms with Crippen LogP contribution in [0.1, 0.15) is 35.4 Å². The van der Waals surface area contributed by atoms with Gasteiger partial charge in [-0.15, -0.1) is 0 Å². The first kappa shape index (κ1) is 14.9. The Kier molecular flexibility index (Phi) is 3.81. The largest absolute Gasteiger partial charge is 0.371 e. The predicted molar refractivity (Wildman–Crippen MR) is 96.5 cm³/mol. The highest BCUT2D eigenvalue weighted by molar-refractivity contribution is 5.66. The third-order valence-corrected chi connectivity index (χ3v) is 5.08. The van der Waals surface area contributed by atoms with Gasteiger partial charge >= 0.3 is 0 Å². The molecule has 2 aliphatic rings. The summed E-state index contributed by atoms with van der Waals surface area (Å²) in [5.74, 6) is 0.421. The van der Waals surface area contributed by atoms with Crippen LogP contribution < -0.4 is 4.90 Å². The van der Waals surface area contributed by atoms with E-state index in [0.717, 1.165) is 18.5 Å². The highest BCUT2D eigenvalue weighted by Crippen LogP contribution is 2.41. The number of aryl methyl sites for hydroxylation is 1. The Bertz CT molecular complexity index is 796. The molecule has 24 heavy (non-hydrogen) atoms. The summed E-state index contributed by atoms with van der Waals surface area (Å²) in [6.07, 6.45) is 7.90. The van der Waals surface area contributed by atoms with Crippen molar-refractivity contribution in [1.29, 1.82) is 0 Å². The lowest BCUT2D eigenvalue weighted by molar-refractivity contribution is -0.384. The Morgan fingerprint density at radius 3 is 2.75 bits per heavy atom. The van der Waals surface area contributed by atoms with Crippen molar-refractivity contribution in [2.75, 3.05) is 18.0 Å². The molecule has 2 heterocycles. The Morgan fingerprint density at radius 1 is 1.12 bits per heavy atom. The van der Waals surface area contributed by atoms with Crippen molar-refractivity contribution < 1.29 is 4.92 Å². The van der Waals surface area contributed by atoms with E-state index in [2.05, 4.69) is 35.3 Å². The van der Waals surface area contributed by atoms with Gasteiger partial charge in [0, 0.05) is 36.8 Å². The SMILES string of the molecule is O=[N+]([O-])c1ccc(/C=C/C2CCN3CCCc4cccc2c43)cc1. The number of allylic oxidation sites excluding steroid dienone is 1. The van der Waals surface area contributed by atoms with Crippen molar-refractivity contribution in [3.8, 4) is 0 Å². The van der Waals surface area contributed by atoms with Crippen molar-refractivity contribution in [3.63, 3.8) is 0 Å². The number of hydrogen-bond acceptors (Lipinski definition) is 3. The normalized spacial score (nSPS) is 19.3. The van der Waals surface area contributed by atoms with E-state index in [0.29, 0.717) is 5.92 Å². The van der Waals surface area contributed by atoms with E-state index in [4.69, 9.17) is 0 Å². The summed E-state index contributed by atoms with van der Waals surface area (Å²) in [4.78, 5) is 12.9. The highest BCUT2D eigenvalue weighted by Gasteiger charge is 2.27. The van der Waals surface area contributed by atoms with E-state index in [-0.39, 0.29) is 10.6 Å². The number of rotatable bonds is 3. The molecule has 0 saturated carbocycles. The molecule has 0 saturated heterocycles. The monoisotopic (exact) mass is 320 g/mol. The van der Waals surface area contributed by atoms with E-state index in [1.807, 2.05) is 12.1 Å². The number of hydrogen-bond donors (Lipinski definition) is 0. The van der Waals surface area contributed by atoms with Gasteiger partial charge in [0.25, 0.3) is 5.69 Å². The zero-order valence-electron chi connectivity index (χ0n) is 13.5. The molecule has 4 nitrogen and oxygen atoms in total. The fourth-order valence-corrected chi connectivity index (χ4v) is 3.88. The average Bonchev–Trinajstić information content (AvgIpc) is 2.62. The van der Waals surface area contributed by atoms with Gasteiger partial charge in [-0.25, -0.2) is 0 Å². The van der Waals surface area contributed by atoms with Crippen molar-refractivity contribution in [1.82, 2.24) is 0 Å². The summed E-state index contributed by atoms with van der Waals surface area (Å²) in [6, 6.07) is 13.4. The first-order valence-corrected chi connectivity index (χ1v) is 8.52. The molecule has 0 aliphatic carbocycles. The second-order valence-corrected chi connectivity index (χ2v) is 6.55. The Hall–Kier alpha value is -2.62. The molecule has 2 aromatic carbocycles. The van der Waals surface area contributed by atoms with Crippen LogP contribution in [0.25, 0.3) is 6.08 Å². The molecule has 1 unspecified atom stereocenters. The van der Waals surface area contributed by atoms with Crippen LogP contribution in [-0.2, 0) is 6.42 Å². The summed E-state index contributed by atoms with van der Waals surface area (Å²) in [7, 11) is 0. The van der Waals surface area contributed by atoms with Gasteiger partial charge in [-0.3, -0.25) is 10.1 Å². The van der Waals surface area contributed by atoms with Crippen LogP contribution >= 0.6 is 0 Å². The van der Waals surface area contributed by atoms with E-state index in [9.17, 15) is 10.1 Å². The van der Waals surface area contributed by atoms with Crippen LogP contribution in [-0.4, -0.2) is 18.0 Å². The summed E-state index contributed by atoms with van der Waals surface area (Å²) in [5, 5.41) is 10.7. The van der Waals surface area contributed by atoms with Crippen molar-refractivity contribution in [3.05, 3.63) is 75.3 Å². The van der Waals surface area contributed by atoms with E-state index < -0.39 is 0 Å². The molecule has 0 fully saturated rings. The molecule has 0 N–H and O–H groups in total. The number of anilines is 1. The summed E-state index contributed by atoms with van der Waals surface area (Å²) in [5.41, 5.74) is 5.50. The lowest BCUT2D eigenvalue weighted by Gasteiger charge is -2.39. The minimum atomic E-state index is -0.362. The minimum absolute atomic E-state index is 0.137. The van der Waals surface area contributed by atoms with Gasteiger partial charge < -0.3 is 4.90 Å². The molecule has 2 aromatic rings. The van der Waals surface area contributed by atoms with Crippen LogP contribution in [0, 0.1) is 10.1 Å². The topological polar surface area (TPSA) is 46.4 Å². The zero-order valence-corrected chi connectivity index (χ0v) is 13.5. The molecule has 4 rings (SSSR count). The van der Waals surface area contributed by atoms with Gasteiger partial charge in [0.05, 0.1) is 4.92 Å². The van der Waals surface area contributed by atoms with Gasteiger partial charge in [-0.2, -0.15) is 0 Å². The third-order valence-electron chi connectivity index (χ3n) is 5.08. The number of non-ortho nitro benzene ring substituents is 1. The number of nitrogens with zero attached hydrogens (tertiary/aromatic N) is 2. The van der Waals surface area contributed by atoms with Crippen LogP contribution in [0.4, 0.5) is 11.4 Å². The van der Waals surface area contributed by atoms with Crippen LogP contribution in [0.2, 0.25) is 0 Å². The molecule has 2 aliphatic heterocycles. The molecule has 122 valence electrons. The molecule has 0 bridgehead atoms. The lowest BCUT2D eigenvalue weighted by atomic mass is 9.84. The summed E-state index contributed by atoms with van der Waals surface area (Å²) >= 11 is 0. The average molecular weight is 320 g/mol. The van der Waals surface area contributed by atoms with Gasteiger partial charge in [-0.05, 0) is 48.1 Å². The highest BCUT2D eigenvalue weighted by atomic mass is 16.6. The summed E-state index contributed by atoms with van der Waals surface area (Å²) < 4.78 is 0. The second-order valence-electron chi connectivity index (χ2n) is 6.55. The molecule has 1 atom stereocenters. The van der Waals surface area contributed by atoms with Crippen molar-refractivity contribution in [2.45, 2.75) is 25.2 Å². The quantitative estimate of drug-likeness (QED) is 0.616. The van der Waals surface area contributed by atoms with Crippen LogP contribution in [0.5, 0.6) is 0 Å². The van der Waals surface area contributed by atoms with Gasteiger partial charge in [0.15, 0.2) is 0 Å². The zero-order chi connectivity index (χ0) is 16.5. The number of para-hydroxylation sites is 1. The molecule has 0 amide bonds. The predicted octanol–water partition coefficient (Wildman–Crippen LogP) is 4.55. The smallest absolute Gasteiger partial charge is 0.269 e. The van der Waals surface area contributed by atoms with Crippen LogP contribution in [0.15, 0.2) is 48.5 Å². The van der Waals surface area contributed by atoms with E-state index in [1.54, 1.807) is 12.1 Å². The number of benzene rings is 2. The van der Waals surface area contributed by atoms with E-state index in [1.165, 1.54) is 36.2 Å². The minimum Gasteiger partial charge on any atom is -0.371 e. The van der Waals surface area contributed by atoms with Crippen molar-refractivity contribution >= 4 is 17.5 Å². The molecule has 4 heteroatoms. The first-order chi connectivity index (χ1) is 11.7. The van der Waals surface area contributed by atoms with Crippen LogP contribution in [0.3, 0.4) is 0 Å². The maximum Gasteiger partial charge on any atom is 0.269 e. The first-order valence-electron chi connectivity index (χ1n) is 8.52. The maximum atomic E-state index is 10.7. The molecular weight excluding hydrogens is 300 g/mol. The second kappa shape index (κ2) is 6.11. The van der Waals surface area contributed by atoms with Gasteiger partial charge in [0.1, 0.15) is 0 Å². The standard InChI is InChI=1S/C20H20N2O2/c23-22(24)18-10-7-15(8-11-18)6-9-16-12-14-21-13-2-4-17-3-1-5-19(16)20(17)21/h1,3,5-11,16H,2,4,12-14H2/b9-6+. The fourth-order valence-electron chi connectivity index (χ4n) is 3.88. The molecular formula is C20H20N2O2. The summed E-state index contributed by atoms with van der Waals surface area (Å²) in [6.45, 7) is 2.28. The molecule has 0 spiro atoms. The van der Waals surface area contributed by atoms with Crippen molar-refractivity contribution in [2.24, 2.45) is 0 Å². The third kappa shape index (κ3) is 2.68. The fraction of sp³-hybridized carbons (Fsp3) is 0.300. The Labute approximate surface area is 141 Å². The molecule has 0 radical (unpaired) electrons. The maximum absolute atomic E-state index is 10.7. The van der Waals surface area contributed by atoms with Gasteiger partial charge in [0.2, 0.25) is 0 Å². The molecule has 0 aromatic heterocycles. The number of nitro benzene ring substituents is 1. The Balaban J connectivity index is 1.60.